The number of H-pyrrole nitrogens is 1. The Morgan fingerprint density at radius 3 is 2.93 bits per heavy atom. The van der Waals surface area contributed by atoms with Crippen LogP contribution in [0.5, 0.6) is 0 Å². The molecule has 76 valence electrons. The van der Waals surface area contributed by atoms with Gasteiger partial charge in [-0.1, -0.05) is 0 Å². The maximum atomic E-state index is 11.4. The Morgan fingerprint density at radius 1 is 1.57 bits per heavy atom. The smallest absolute Gasteiger partial charge is 0.332 e. The first kappa shape index (κ1) is 9.01. The van der Waals surface area contributed by atoms with Crippen LogP contribution in [0.3, 0.4) is 0 Å². The zero-order valence-electron chi connectivity index (χ0n) is 7.53. The van der Waals surface area contributed by atoms with Crippen LogP contribution in [0.15, 0.2) is 15.7 Å². The van der Waals surface area contributed by atoms with Crippen LogP contribution in [0.4, 0.5) is 5.82 Å². The number of ether oxygens (including phenoxy) is 1. The van der Waals surface area contributed by atoms with Gasteiger partial charge in [0.1, 0.15) is 12.0 Å². The third-order valence-electron chi connectivity index (χ3n) is 2.20. The minimum Gasteiger partial charge on any atom is -0.385 e. The average Bonchev–Trinajstić information content (AvgIpc) is 2.54. The van der Waals surface area contributed by atoms with Crippen molar-refractivity contribution < 1.29 is 4.74 Å². The summed E-state index contributed by atoms with van der Waals surface area (Å²) in [5.74, 6) is 0.144. The summed E-state index contributed by atoms with van der Waals surface area (Å²) in [5.41, 5.74) is 4.57. The summed E-state index contributed by atoms with van der Waals surface area (Å²) in [4.78, 5) is 24.4. The summed E-state index contributed by atoms with van der Waals surface area (Å²) in [5, 5.41) is 0. The second kappa shape index (κ2) is 3.30. The highest BCUT2D eigenvalue weighted by atomic mass is 16.5. The second-order valence-corrected chi connectivity index (χ2v) is 3.20. The average molecular weight is 197 g/mol. The summed E-state index contributed by atoms with van der Waals surface area (Å²) in [6.45, 7) is 0.621. The van der Waals surface area contributed by atoms with Crippen molar-refractivity contribution in [2.45, 2.75) is 19.1 Å². The molecule has 3 N–H and O–H groups in total. The molecule has 1 aliphatic heterocycles. The summed E-state index contributed by atoms with van der Waals surface area (Å²) >= 11 is 0. The van der Waals surface area contributed by atoms with Crippen LogP contribution in [0.25, 0.3) is 0 Å². The highest BCUT2D eigenvalue weighted by Crippen LogP contribution is 2.22. The first-order chi connectivity index (χ1) is 6.68. The van der Waals surface area contributed by atoms with Crippen molar-refractivity contribution in [3.05, 3.63) is 26.9 Å². The van der Waals surface area contributed by atoms with Crippen molar-refractivity contribution in [3.63, 3.8) is 0 Å². The fraction of sp³-hybridized carbons (Fsp3) is 0.500. The van der Waals surface area contributed by atoms with Crippen LogP contribution in [0, 0.1) is 0 Å². The van der Waals surface area contributed by atoms with Gasteiger partial charge >= 0.3 is 5.69 Å². The number of nitrogens with two attached hydrogens (primary N) is 1. The SMILES string of the molecule is Nc1cc(=O)[nH]c(=O)n1C1CCCO1. The molecule has 1 atom stereocenters. The van der Waals surface area contributed by atoms with E-state index in [1.807, 2.05) is 0 Å². The molecule has 2 rings (SSSR count). The van der Waals surface area contributed by atoms with Crippen molar-refractivity contribution in [1.29, 1.82) is 0 Å². The second-order valence-electron chi connectivity index (χ2n) is 3.20. The first-order valence-corrected chi connectivity index (χ1v) is 4.41. The molecule has 0 saturated carbocycles. The van der Waals surface area contributed by atoms with E-state index >= 15 is 0 Å². The van der Waals surface area contributed by atoms with Crippen LogP contribution < -0.4 is 17.0 Å². The molecule has 0 aliphatic carbocycles. The fourth-order valence-corrected chi connectivity index (χ4v) is 1.58. The summed E-state index contributed by atoms with van der Waals surface area (Å²) < 4.78 is 6.57. The lowest BCUT2D eigenvalue weighted by molar-refractivity contribution is 0.0544. The van der Waals surface area contributed by atoms with E-state index in [4.69, 9.17) is 10.5 Å². The molecule has 0 aromatic carbocycles. The van der Waals surface area contributed by atoms with Crippen molar-refractivity contribution >= 4 is 5.82 Å². The normalized spacial score (nSPS) is 21.3. The van der Waals surface area contributed by atoms with Gasteiger partial charge in [0.05, 0.1) is 0 Å². The third kappa shape index (κ3) is 1.44. The van der Waals surface area contributed by atoms with Gasteiger partial charge in [-0.15, -0.1) is 0 Å². The van der Waals surface area contributed by atoms with Gasteiger partial charge in [0.2, 0.25) is 0 Å². The van der Waals surface area contributed by atoms with Gasteiger partial charge in [-0.25, -0.2) is 4.79 Å². The topological polar surface area (TPSA) is 90.1 Å². The van der Waals surface area contributed by atoms with E-state index in [2.05, 4.69) is 4.98 Å². The molecule has 0 spiro atoms. The monoisotopic (exact) mass is 197 g/mol. The van der Waals surface area contributed by atoms with Gasteiger partial charge in [-0.05, 0) is 12.8 Å². The van der Waals surface area contributed by atoms with Gasteiger partial charge in [-0.3, -0.25) is 14.3 Å². The van der Waals surface area contributed by atoms with Crippen molar-refractivity contribution in [1.82, 2.24) is 9.55 Å². The Kier molecular flexibility index (Phi) is 2.12. The van der Waals surface area contributed by atoms with Crippen LogP contribution in [0.1, 0.15) is 19.1 Å². The molecule has 1 aliphatic rings. The van der Waals surface area contributed by atoms with Gasteiger partial charge < -0.3 is 10.5 Å². The molecule has 14 heavy (non-hydrogen) atoms. The Morgan fingerprint density at radius 2 is 2.36 bits per heavy atom. The molecule has 1 saturated heterocycles. The van der Waals surface area contributed by atoms with E-state index in [0.29, 0.717) is 6.61 Å². The molecule has 0 radical (unpaired) electrons. The third-order valence-corrected chi connectivity index (χ3v) is 2.20. The Labute approximate surface area is 79.3 Å². The molecular formula is C8H11N3O3. The summed E-state index contributed by atoms with van der Waals surface area (Å²) in [7, 11) is 0. The van der Waals surface area contributed by atoms with E-state index in [9.17, 15) is 9.59 Å². The van der Waals surface area contributed by atoms with E-state index in [1.54, 1.807) is 0 Å². The van der Waals surface area contributed by atoms with Crippen LogP contribution in [-0.2, 0) is 4.74 Å². The Balaban J connectivity index is 2.51. The first-order valence-electron chi connectivity index (χ1n) is 4.41. The maximum Gasteiger partial charge on any atom is 0.332 e. The number of aromatic amines is 1. The standard InChI is InChI=1S/C8H11N3O3/c9-5-4-6(12)10-8(13)11(5)7-2-1-3-14-7/h4,7H,1-3,9H2,(H,10,12,13). The van der Waals surface area contributed by atoms with E-state index < -0.39 is 11.2 Å². The number of nitrogens with one attached hydrogen (secondary N) is 1. The highest BCUT2D eigenvalue weighted by Gasteiger charge is 2.20. The zero-order valence-corrected chi connectivity index (χ0v) is 7.53. The molecule has 2 heterocycles. The number of nitrogens with zero attached hydrogens (tertiary/aromatic N) is 1. The number of rotatable bonds is 1. The van der Waals surface area contributed by atoms with Gasteiger partial charge in [0, 0.05) is 12.7 Å². The van der Waals surface area contributed by atoms with Crippen LogP contribution in [0.2, 0.25) is 0 Å². The van der Waals surface area contributed by atoms with Gasteiger partial charge in [0.25, 0.3) is 5.56 Å². The van der Waals surface area contributed by atoms with Crippen molar-refractivity contribution in [3.8, 4) is 0 Å². The van der Waals surface area contributed by atoms with Crippen LogP contribution in [-0.4, -0.2) is 16.2 Å². The number of hydrogen-bond acceptors (Lipinski definition) is 4. The summed E-state index contributed by atoms with van der Waals surface area (Å²) in [6.07, 6.45) is 1.31. The van der Waals surface area contributed by atoms with E-state index in [1.165, 1.54) is 10.6 Å². The highest BCUT2D eigenvalue weighted by molar-refractivity contribution is 5.26. The predicted octanol–water partition coefficient (Wildman–Crippen LogP) is -0.572. The number of hydrogen-bond donors (Lipinski definition) is 2. The number of nitrogen functional groups attached to an aromatic ring is 1. The maximum absolute atomic E-state index is 11.4. The Hall–Kier alpha value is -1.56. The minimum absolute atomic E-state index is 0.144. The molecule has 6 heteroatoms. The minimum atomic E-state index is -0.512. The molecule has 6 nitrogen and oxygen atoms in total. The zero-order chi connectivity index (χ0) is 10.1. The van der Waals surface area contributed by atoms with E-state index in [0.717, 1.165) is 12.8 Å². The predicted molar refractivity (Wildman–Crippen MR) is 50.0 cm³/mol. The molecule has 1 aromatic heterocycles. The quantitative estimate of drug-likeness (QED) is 0.630. The number of aromatic nitrogens is 2. The largest absolute Gasteiger partial charge is 0.385 e. The fourth-order valence-electron chi connectivity index (χ4n) is 1.58. The van der Waals surface area contributed by atoms with Crippen molar-refractivity contribution in [2.75, 3.05) is 12.3 Å². The molecule has 0 bridgehead atoms. The van der Waals surface area contributed by atoms with E-state index in [-0.39, 0.29) is 12.0 Å². The van der Waals surface area contributed by atoms with Gasteiger partial charge in [-0.2, -0.15) is 0 Å². The Bertz CT molecular complexity index is 442. The lowest BCUT2D eigenvalue weighted by Crippen LogP contribution is -2.33. The number of anilines is 1. The lowest BCUT2D eigenvalue weighted by Gasteiger charge is -2.14. The van der Waals surface area contributed by atoms with Gasteiger partial charge in [0.15, 0.2) is 0 Å². The molecule has 1 aromatic rings. The van der Waals surface area contributed by atoms with Crippen molar-refractivity contribution in [2.24, 2.45) is 0 Å². The van der Waals surface area contributed by atoms with Crippen LogP contribution >= 0.6 is 0 Å². The molecule has 0 amide bonds. The molecular weight excluding hydrogens is 186 g/mol. The molecule has 1 fully saturated rings. The lowest BCUT2D eigenvalue weighted by atomic mass is 10.3. The summed E-state index contributed by atoms with van der Waals surface area (Å²) in [6, 6.07) is 1.18. The molecule has 1 unspecified atom stereocenters.